The summed E-state index contributed by atoms with van der Waals surface area (Å²) in [7, 11) is 1.65. The molecule has 1 aliphatic carbocycles. The van der Waals surface area contributed by atoms with Gasteiger partial charge in [0.1, 0.15) is 5.75 Å². The van der Waals surface area contributed by atoms with Gasteiger partial charge >= 0.3 is 0 Å². The summed E-state index contributed by atoms with van der Waals surface area (Å²) in [5.74, 6) is 1.19. The van der Waals surface area contributed by atoms with E-state index in [0.29, 0.717) is 5.75 Å². The smallest absolute Gasteiger partial charge is 0.230 e. The van der Waals surface area contributed by atoms with Crippen LogP contribution in [-0.2, 0) is 11.2 Å². The van der Waals surface area contributed by atoms with Crippen LogP contribution < -0.4 is 10.1 Å². The van der Waals surface area contributed by atoms with E-state index in [1.165, 1.54) is 22.9 Å². The SMILES string of the molecule is COc1ccc(-n2ccnc2SCC(=O)N[C@H]2CCCc3ccccc32)cc1. The number of nitrogens with one attached hydrogen (secondary N) is 1. The second-order valence-electron chi connectivity index (χ2n) is 6.78. The molecule has 0 spiro atoms. The van der Waals surface area contributed by atoms with Crippen molar-refractivity contribution >= 4 is 17.7 Å². The average molecular weight is 394 g/mol. The van der Waals surface area contributed by atoms with E-state index in [4.69, 9.17) is 4.74 Å². The van der Waals surface area contributed by atoms with Crippen LogP contribution >= 0.6 is 11.8 Å². The minimum absolute atomic E-state index is 0.0379. The van der Waals surface area contributed by atoms with E-state index in [9.17, 15) is 4.79 Å². The zero-order valence-electron chi connectivity index (χ0n) is 15.8. The van der Waals surface area contributed by atoms with Gasteiger partial charge in [-0.15, -0.1) is 0 Å². The fraction of sp³-hybridized carbons (Fsp3) is 0.273. The average Bonchev–Trinajstić information content (AvgIpc) is 3.21. The number of amides is 1. The Balaban J connectivity index is 1.39. The van der Waals surface area contributed by atoms with Crippen LogP contribution in [0.2, 0.25) is 0 Å². The van der Waals surface area contributed by atoms with Crippen LogP contribution in [0.1, 0.15) is 30.0 Å². The lowest BCUT2D eigenvalue weighted by Crippen LogP contribution is -2.32. The lowest BCUT2D eigenvalue weighted by atomic mass is 9.88. The third kappa shape index (κ3) is 4.07. The summed E-state index contributed by atoms with van der Waals surface area (Å²) in [5, 5.41) is 3.99. The second kappa shape index (κ2) is 8.52. The molecule has 1 heterocycles. The Bertz CT molecular complexity index is 952. The maximum atomic E-state index is 12.6. The number of nitrogens with zero attached hydrogens (tertiary/aromatic N) is 2. The predicted molar refractivity (Wildman–Crippen MR) is 111 cm³/mol. The predicted octanol–water partition coefficient (Wildman–Crippen LogP) is 4.17. The Morgan fingerprint density at radius 3 is 2.89 bits per heavy atom. The molecule has 1 aliphatic rings. The number of carbonyl (C=O) groups is 1. The van der Waals surface area contributed by atoms with Gasteiger partial charge in [0.15, 0.2) is 5.16 Å². The number of methoxy groups -OCH3 is 1. The van der Waals surface area contributed by atoms with Crippen LogP contribution in [0.3, 0.4) is 0 Å². The molecule has 0 fully saturated rings. The molecular formula is C22H23N3O2S. The molecule has 6 heteroatoms. The highest BCUT2D eigenvalue weighted by atomic mass is 32.2. The molecule has 1 amide bonds. The highest BCUT2D eigenvalue weighted by Gasteiger charge is 2.21. The molecule has 0 saturated heterocycles. The minimum atomic E-state index is 0.0379. The van der Waals surface area contributed by atoms with Crippen LogP contribution in [0.25, 0.3) is 5.69 Å². The number of fused-ring (bicyclic) bond motifs is 1. The van der Waals surface area contributed by atoms with E-state index < -0.39 is 0 Å². The molecule has 2 aromatic carbocycles. The number of aryl methyl sites for hydroxylation is 1. The molecule has 0 radical (unpaired) electrons. The van der Waals surface area contributed by atoms with Gasteiger partial charge in [-0.25, -0.2) is 4.98 Å². The van der Waals surface area contributed by atoms with Crippen molar-refractivity contribution in [2.75, 3.05) is 12.9 Å². The van der Waals surface area contributed by atoms with E-state index in [1.54, 1.807) is 13.3 Å². The van der Waals surface area contributed by atoms with Gasteiger partial charge < -0.3 is 10.1 Å². The first kappa shape index (κ1) is 18.6. The molecule has 0 aliphatic heterocycles. The fourth-order valence-electron chi connectivity index (χ4n) is 3.61. The standard InChI is InChI=1S/C22H23N3O2S/c1-27-18-11-9-17(10-12-18)25-14-13-23-22(25)28-15-21(26)24-20-8-4-6-16-5-2-3-7-19(16)20/h2-3,5,7,9-14,20H,4,6,8,15H2,1H3,(H,24,26)/t20-/m0/s1. The first-order valence-corrected chi connectivity index (χ1v) is 10.4. The highest BCUT2D eigenvalue weighted by molar-refractivity contribution is 7.99. The Morgan fingerprint density at radius 2 is 2.07 bits per heavy atom. The van der Waals surface area contributed by atoms with E-state index >= 15 is 0 Å². The van der Waals surface area contributed by atoms with Crippen molar-refractivity contribution in [3.05, 3.63) is 72.1 Å². The van der Waals surface area contributed by atoms with Crippen molar-refractivity contribution in [1.29, 1.82) is 0 Å². The number of benzene rings is 2. The van der Waals surface area contributed by atoms with Crippen molar-refractivity contribution in [2.45, 2.75) is 30.5 Å². The van der Waals surface area contributed by atoms with Crippen LogP contribution in [0.4, 0.5) is 0 Å². The summed E-state index contributed by atoms with van der Waals surface area (Å²) < 4.78 is 7.19. The van der Waals surface area contributed by atoms with Gasteiger partial charge in [0, 0.05) is 18.1 Å². The maximum absolute atomic E-state index is 12.6. The number of aromatic nitrogens is 2. The topological polar surface area (TPSA) is 56.2 Å². The van der Waals surface area contributed by atoms with Gasteiger partial charge in [-0.1, -0.05) is 36.0 Å². The van der Waals surface area contributed by atoms with E-state index in [0.717, 1.165) is 35.9 Å². The summed E-state index contributed by atoms with van der Waals surface area (Å²) >= 11 is 1.45. The van der Waals surface area contributed by atoms with Crippen molar-refractivity contribution in [2.24, 2.45) is 0 Å². The zero-order chi connectivity index (χ0) is 19.3. The lowest BCUT2D eigenvalue weighted by Gasteiger charge is -2.26. The van der Waals surface area contributed by atoms with E-state index in [-0.39, 0.29) is 11.9 Å². The molecule has 0 unspecified atom stereocenters. The van der Waals surface area contributed by atoms with E-state index in [2.05, 4.69) is 28.5 Å². The lowest BCUT2D eigenvalue weighted by molar-refractivity contribution is -0.119. The van der Waals surface area contributed by atoms with Crippen molar-refractivity contribution < 1.29 is 9.53 Å². The molecule has 0 bridgehead atoms. The van der Waals surface area contributed by atoms with Crippen molar-refractivity contribution in [3.63, 3.8) is 0 Å². The summed E-state index contributed by atoms with van der Waals surface area (Å²) in [6.07, 6.45) is 6.85. The molecular weight excluding hydrogens is 370 g/mol. The summed E-state index contributed by atoms with van der Waals surface area (Å²) in [5.41, 5.74) is 3.59. The molecule has 1 aromatic heterocycles. The molecule has 1 N–H and O–H groups in total. The number of ether oxygens (including phenoxy) is 1. The number of thioether (sulfide) groups is 1. The van der Waals surface area contributed by atoms with Crippen molar-refractivity contribution in [3.8, 4) is 11.4 Å². The third-order valence-corrected chi connectivity index (χ3v) is 5.96. The van der Waals surface area contributed by atoms with Gasteiger partial charge in [-0.05, 0) is 54.7 Å². The summed E-state index contributed by atoms with van der Waals surface area (Å²) in [4.78, 5) is 17.0. The zero-order valence-corrected chi connectivity index (χ0v) is 16.6. The monoisotopic (exact) mass is 393 g/mol. The molecule has 4 rings (SSSR count). The maximum Gasteiger partial charge on any atom is 0.230 e. The van der Waals surface area contributed by atoms with Crippen molar-refractivity contribution in [1.82, 2.24) is 14.9 Å². The number of carbonyl (C=O) groups excluding carboxylic acids is 1. The number of rotatable bonds is 6. The van der Waals surface area contributed by atoms with Gasteiger partial charge in [0.25, 0.3) is 0 Å². The molecule has 0 saturated carbocycles. The first-order chi connectivity index (χ1) is 13.7. The first-order valence-electron chi connectivity index (χ1n) is 9.42. The minimum Gasteiger partial charge on any atom is -0.497 e. The summed E-state index contributed by atoms with van der Waals surface area (Å²) in [6.45, 7) is 0. The van der Waals surface area contributed by atoms with Gasteiger partial charge in [-0.3, -0.25) is 9.36 Å². The normalized spacial score (nSPS) is 15.7. The number of hydrogen-bond donors (Lipinski definition) is 1. The Labute approximate surface area is 169 Å². The Kier molecular flexibility index (Phi) is 5.67. The fourth-order valence-corrected chi connectivity index (χ4v) is 4.39. The second-order valence-corrected chi connectivity index (χ2v) is 7.72. The Hall–Kier alpha value is -2.73. The molecule has 5 nitrogen and oxygen atoms in total. The largest absolute Gasteiger partial charge is 0.497 e. The van der Waals surface area contributed by atoms with Crippen LogP contribution in [0.15, 0.2) is 66.1 Å². The van der Waals surface area contributed by atoms with Gasteiger partial charge in [-0.2, -0.15) is 0 Å². The number of hydrogen-bond acceptors (Lipinski definition) is 4. The van der Waals surface area contributed by atoms with Gasteiger partial charge in [0.2, 0.25) is 5.91 Å². The van der Waals surface area contributed by atoms with Crippen LogP contribution in [0, 0.1) is 0 Å². The molecule has 3 aromatic rings. The molecule has 28 heavy (non-hydrogen) atoms. The molecule has 1 atom stereocenters. The molecule has 144 valence electrons. The quantitative estimate of drug-likeness (QED) is 0.639. The van der Waals surface area contributed by atoms with Crippen LogP contribution in [-0.4, -0.2) is 28.3 Å². The van der Waals surface area contributed by atoms with Crippen LogP contribution in [0.5, 0.6) is 5.75 Å². The number of imidazole rings is 1. The Morgan fingerprint density at radius 1 is 1.25 bits per heavy atom. The van der Waals surface area contributed by atoms with E-state index in [1.807, 2.05) is 41.1 Å². The van der Waals surface area contributed by atoms with Gasteiger partial charge in [0.05, 0.1) is 18.9 Å². The highest BCUT2D eigenvalue weighted by Crippen LogP contribution is 2.29. The third-order valence-electron chi connectivity index (χ3n) is 4.99. The summed E-state index contributed by atoms with van der Waals surface area (Å²) in [6, 6.07) is 16.3.